The lowest BCUT2D eigenvalue weighted by atomic mass is 9.77. The van der Waals surface area contributed by atoms with Crippen molar-refractivity contribution in [3.8, 4) is 0 Å². The molecule has 1 aromatic carbocycles. The average molecular weight is 258 g/mol. The molecule has 1 amide bonds. The second kappa shape index (κ2) is 3.81. The molecule has 0 aliphatic carbocycles. The third-order valence-electron chi connectivity index (χ3n) is 4.77. The molecule has 0 bridgehead atoms. The van der Waals surface area contributed by atoms with E-state index in [9.17, 15) is 4.79 Å². The van der Waals surface area contributed by atoms with E-state index in [-0.39, 0.29) is 11.3 Å². The first kappa shape index (κ1) is 11.4. The first-order chi connectivity index (χ1) is 9.23. The van der Waals surface area contributed by atoms with Crippen LogP contribution in [-0.2, 0) is 27.8 Å². The van der Waals surface area contributed by atoms with Gasteiger partial charge in [-0.15, -0.1) is 0 Å². The van der Waals surface area contributed by atoms with Gasteiger partial charge in [0.2, 0.25) is 5.91 Å². The van der Waals surface area contributed by atoms with Crippen molar-refractivity contribution in [1.82, 2.24) is 0 Å². The number of hydrogen-bond acceptors (Lipinski definition) is 3. The number of hydrogen-bond donors (Lipinski definition) is 1. The zero-order chi connectivity index (χ0) is 13.0. The van der Waals surface area contributed by atoms with Gasteiger partial charge in [-0.3, -0.25) is 4.79 Å². The van der Waals surface area contributed by atoms with Gasteiger partial charge < -0.3 is 15.4 Å². The van der Waals surface area contributed by atoms with Gasteiger partial charge in [0.25, 0.3) is 0 Å². The lowest BCUT2D eigenvalue weighted by Crippen LogP contribution is -2.52. The number of carbonyl (C=O) groups excluding carboxylic acids is 1. The Balaban J connectivity index is 1.85. The van der Waals surface area contributed by atoms with Crippen molar-refractivity contribution >= 4 is 11.6 Å². The van der Waals surface area contributed by atoms with Crippen LogP contribution in [0.5, 0.6) is 0 Å². The molecular weight excluding hydrogens is 240 g/mol. The molecule has 0 radical (unpaired) electrons. The number of nitrogens with zero attached hydrogens (tertiary/aromatic N) is 1. The van der Waals surface area contributed by atoms with E-state index >= 15 is 0 Å². The monoisotopic (exact) mass is 258 g/mol. The Morgan fingerprint density at radius 2 is 2.11 bits per heavy atom. The maximum Gasteiger partial charge on any atom is 0.231 e. The van der Waals surface area contributed by atoms with Crippen LogP contribution in [0.4, 0.5) is 5.69 Å². The van der Waals surface area contributed by atoms with Crippen LogP contribution < -0.4 is 10.6 Å². The molecular formula is C15H18N2O2. The molecule has 0 saturated carbocycles. The summed E-state index contributed by atoms with van der Waals surface area (Å²) in [6.45, 7) is 2.91. The Bertz CT molecular complexity index is 558. The Kier molecular flexibility index (Phi) is 2.29. The van der Waals surface area contributed by atoms with Gasteiger partial charge in [0.15, 0.2) is 0 Å². The number of benzene rings is 1. The van der Waals surface area contributed by atoms with E-state index in [1.54, 1.807) is 0 Å². The summed E-state index contributed by atoms with van der Waals surface area (Å²) in [6.07, 6.45) is 2.69. The molecule has 4 heteroatoms. The molecule has 100 valence electrons. The van der Waals surface area contributed by atoms with Crippen LogP contribution in [0.2, 0.25) is 0 Å². The molecule has 1 saturated heterocycles. The molecule has 0 spiro atoms. The minimum Gasteiger partial charge on any atom is -0.379 e. The second-order valence-electron chi connectivity index (χ2n) is 5.95. The van der Waals surface area contributed by atoms with Crippen molar-refractivity contribution < 1.29 is 9.53 Å². The van der Waals surface area contributed by atoms with Crippen LogP contribution in [0, 0.1) is 0 Å². The highest BCUT2D eigenvalue weighted by molar-refractivity contribution is 6.02. The molecule has 4 rings (SSSR count). The van der Waals surface area contributed by atoms with E-state index < -0.39 is 0 Å². The summed E-state index contributed by atoms with van der Waals surface area (Å²) < 4.78 is 5.38. The lowest BCUT2D eigenvalue weighted by molar-refractivity contribution is -0.117. The van der Waals surface area contributed by atoms with Gasteiger partial charge in [0, 0.05) is 13.1 Å². The SMILES string of the molecule is NCC1(c2cc3c4c(c2)CC(=O)N4CCC3)COC1. The topological polar surface area (TPSA) is 55.6 Å². The number of ether oxygens (including phenoxy) is 1. The zero-order valence-electron chi connectivity index (χ0n) is 10.9. The Labute approximate surface area is 112 Å². The van der Waals surface area contributed by atoms with Gasteiger partial charge in [-0.1, -0.05) is 12.1 Å². The highest BCUT2D eigenvalue weighted by Crippen LogP contribution is 2.41. The van der Waals surface area contributed by atoms with Crippen molar-refractivity contribution in [2.45, 2.75) is 24.7 Å². The lowest BCUT2D eigenvalue weighted by Gasteiger charge is -2.41. The highest BCUT2D eigenvalue weighted by Gasteiger charge is 2.41. The third kappa shape index (κ3) is 1.44. The predicted molar refractivity (Wildman–Crippen MR) is 72.4 cm³/mol. The summed E-state index contributed by atoms with van der Waals surface area (Å²) in [5.74, 6) is 0.250. The van der Waals surface area contributed by atoms with Crippen LogP contribution >= 0.6 is 0 Å². The number of rotatable bonds is 2. The standard InChI is InChI=1S/C15H18N2O2/c16-7-15(8-19-9-15)12-4-10-2-1-3-17-13(18)6-11(5-12)14(10)17/h4-5H,1-3,6-9,16H2. The van der Waals surface area contributed by atoms with Gasteiger partial charge in [-0.2, -0.15) is 0 Å². The number of nitrogens with two attached hydrogens (primary N) is 1. The molecule has 4 nitrogen and oxygen atoms in total. The van der Waals surface area contributed by atoms with Gasteiger partial charge in [0.05, 0.1) is 30.7 Å². The maximum atomic E-state index is 12.0. The van der Waals surface area contributed by atoms with Gasteiger partial charge in [0.1, 0.15) is 0 Å². The van der Waals surface area contributed by atoms with Crippen molar-refractivity contribution in [2.24, 2.45) is 5.73 Å². The summed E-state index contributed by atoms with van der Waals surface area (Å²) in [5, 5.41) is 0. The molecule has 1 fully saturated rings. The Hall–Kier alpha value is -1.39. The number of carbonyl (C=O) groups is 1. The van der Waals surface area contributed by atoms with E-state index in [0.717, 1.165) is 19.4 Å². The van der Waals surface area contributed by atoms with Crippen LogP contribution in [0.1, 0.15) is 23.1 Å². The second-order valence-corrected chi connectivity index (χ2v) is 5.95. The van der Waals surface area contributed by atoms with E-state index in [2.05, 4.69) is 12.1 Å². The summed E-state index contributed by atoms with van der Waals surface area (Å²) in [4.78, 5) is 14.0. The van der Waals surface area contributed by atoms with Crippen molar-refractivity contribution in [2.75, 3.05) is 31.2 Å². The quantitative estimate of drug-likeness (QED) is 0.851. The van der Waals surface area contributed by atoms with E-state index in [1.807, 2.05) is 4.90 Å². The van der Waals surface area contributed by atoms with E-state index in [4.69, 9.17) is 10.5 Å². The smallest absolute Gasteiger partial charge is 0.231 e. The van der Waals surface area contributed by atoms with Crippen LogP contribution in [0.25, 0.3) is 0 Å². The number of anilines is 1. The molecule has 0 unspecified atom stereocenters. The largest absolute Gasteiger partial charge is 0.379 e. The van der Waals surface area contributed by atoms with Crippen molar-refractivity contribution in [1.29, 1.82) is 0 Å². The van der Waals surface area contributed by atoms with Crippen LogP contribution in [-0.4, -0.2) is 32.2 Å². The Morgan fingerprint density at radius 3 is 2.79 bits per heavy atom. The minimum absolute atomic E-state index is 0.0144. The van der Waals surface area contributed by atoms with E-state index in [1.165, 1.54) is 22.4 Å². The normalized spacial score (nSPS) is 23.2. The number of amides is 1. The summed E-state index contributed by atoms with van der Waals surface area (Å²) in [7, 11) is 0. The van der Waals surface area contributed by atoms with Gasteiger partial charge in [-0.05, 0) is 29.5 Å². The fourth-order valence-corrected chi connectivity index (χ4v) is 3.54. The molecule has 0 atom stereocenters. The van der Waals surface area contributed by atoms with Crippen molar-refractivity contribution in [3.05, 3.63) is 28.8 Å². The highest BCUT2D eigenvalue weighted by atomic mass is 16.5. The zero-order valence-corrected chi connectivity index (χ0v) is 10.9. The fraction of sp³-hybridized carbons (Fsp3) is 0.533. The molecule has 0 aromatic heterocycles. The molecule has 3 aliphatic rings. The molecule has 3 heterocycles. The summed E-state index contributed by atoms with van der Waals surface area (Å²) in [5.41, 5.74) is 10.9. The maximum absolute atomic E-state index is 12.0. The fourth-order valence-electron chi connectivity index (χ4n) is 3.54. The average Bonchev–Trinajstić information content (AvgIpc) is 2.68. The third-order valence-corrected chi connectivity index (χ3v) is 4.77. The van der Waals surface area contributed by atoms with Gasteiger partial charge >= 0.3 is 0 Å². The summed E-state index contributed by atoms with van der Waals surface area (Å²) in [6, 6.07) is 4.45. The van der Waals surface area contributed by atoms with E-state index in [0.29, 0.717) is 26.2 Å². The number of aryl methyl sites for hydroxylation is 1. The van der Waals surface area contributed by atoms with Crippen molar-refractivity contribution in [3.63, 3.8) is 0 Å². The summed E-state index contributed by atoms with van der Waals surface area (Å²) >= 11 is 0. The van der Waals surface area contributed by atoms with Crippen LogP contribution in [0.15, 0.2) is 12.1 Å². The predicted octanol–water partition coefficient (Wildman–Crippen LogP) is 0.749. The molecule has 2 N–H and O–H groups in total. The first-order valence-electron chi connectivity index (χ1n) is 6.98. The molecule has 19 heavy (non-hydrogen) atoms. The molecule has 3 aliphatic heterocycles. The van der Waals surface area contributed by atoms with Crippen LogP contribution in [0.3, 0.4) is 0 Å². The first-order valence-corrected chi connectivity index (χ1v) is 6.98. The molecule has 1 aromatic rings. The van der Waals surface area contributed by atoms with Gasteiger partial charge in [-0.25, -0.2) is 0 Å². The Morgan fingerprint density at radius 1 is 1.32 bits per heavy atom. The minimum atomic E-state index is -0.0144.